The Kier molecular flexibility index (Phi) is 3.47. The number of methoxy groups -OCH3 is 1. The van der Waals surface area contributed by atoms with Gasteiger partial charge in [-0.2, -0.15) is 0 Å². The molecule has 0 aliphatic carbocycles. The van der Waals surface area contributed by atoms with E-state index in [9.17, 15) is 9.59 Å². The molecule has 0 aromatic carbocycles. The summed E-state index contributed by atoms with van der Waals surface area (Å²) in [6.07, 6.45) is 0. The maximum Gasteiger partial charge on any atom is 0.327 e. The Morgan fingerprint density at radius 3 is 2.79 bits per heavy atom. The van der Waals surface area contributed by atoms with Crippen molar-refractivity contribution < 1.29 is 4.74 Å². The van der Waals surface area contributed by atoms with Crippen molar-refractivity contribution in [3.63, 3.8) is 0 Å². The van der Waals surface area contributed by atoms with Crippen LogP contribution >= 0.6 is 0 Å². The Morgan fingerprint density at radius 2 is 2.21 bits per heavy atom. The van der Waals surface area contributed by atoms with Crippen molar-refractivity contribution in [3.05, 3.63) is 26.9 Å². The lowest BCUT2D eigenvalue weighted by atomic mass is 10.3. The number of rotatable bonds is 4. The minimum Gasteiger partial charge on any atom is -0.383 e. The third-order valence-electron chi connectivity index (χ3n) is 1.58. The monoisotopic (exact) mass is 199 g/mol. The van der Waals surface area contributed by atoms with Crippen molar-refractivity contribution in [2.45, 2.75) is 13.0 Å². The van der Waals surface area contributed by atoms with Gasteiger partial charge in [0, 0.05) is 19.2 Å². The molecule has 0 aliphatic heterocycles. The highest BCUT2D eigenvalue weighted by Crippen LogP contribution is 1.97. The van der Waals surface area contributed by atoms with Crippen LogP contribution < -0.4 is 16.6 Å². The number of nitrogens with one attached hydrogen (secondary N) is 3. The second-order valence-corrected chi connectivity index (χ2v) is 3.00. The molecule has 6 nitrogen and oxygen atoms in total. The SMILES string of the molecule is COCC(C)Nc1cc(=O)[nH]c(=O)[nH]1. The topological polar surface area (TPSA) is 87.0 Å². The first-order valence-corrected chi connectivity index (χ1v) is 4.21. The highest BCUT2D eigenvalue weighted by molar-refractivity contribution is 5.32. The van der Waals surface area contributed by atoms with Crippen LogP contribution in [0.4, 0.5) is 5.82 Å². The van der Waals surface area contributed by atoms with Gasteiger partial charge in [0.1, 0.15) is 5.82 Å². The van der Waals surface area contributed by atoms with Gasteiger partial charge in [0.25, 0.3) is 5.56 Å². The van der Waals surface area contributed by atoms with Crippen molar-refractivity contribution >= 4 is 5.82 Å². The third-order valence-corrected chi connectivity index (χ3v) is 1.58. The molecule has 0 saturated heterocycles. The highest BCUT2D eigenvalue weighted by Gasteiger charge is 2.02. The van der Waals surface area contributed by atoms with Crippen LogP contribution in [0.5, 0.6) is 0 Å². The smallest absolute Gasteiger partial charge is 0.327 e. The Labute approximate surface area is 80.3 Å². The molecule has 0 radical (unpaired) electrons. The van der Waals surface area contributed by atoms with Gasteiger partial charge in [-0.3, -0.25) is 14.8 Å². The van der Waals surface area contributed by atoms with E-state index in [0.717, 1.165) is 0 Å². The van der Waals surface area contributed by atoms with Gasteiger partial charge in [0.2, 0.25) is 0 Å². The van der Waals surface area contributed by atoms with Crippen LogP contribution in [-0.4, -0.2) is 29.7 Å². The number of hydrogen-bond acceptors (Lipinski definition) is 4. The van der Waals surface area contributed by atoms with Crippen LogP contribution in [0.25, 0.3) is 0 Å². The lowest BCUT2D eigenvalue weighted by Crippen LogP contribution is -2.27. The predicted octanol–water partition coefficient (Wildman–Crippen LogP) is -0.490. The molecule has 0 bridgehead atoms. The van der Waals surface area contributed by atoms with Gasteiger partial charge in [0.15, 0.2) is 0 Å². The number of hydrogen-bond donors (Lipinski definition) is 3. The number of anilines is 1. The fourth-order valence-corrected chi connectivity index (χ4v) is 1.10. The molecule has 0 fully saturated rings. The standard InChI is InChI=1S/C8H13N3O3/c1-5(4-14-2)9-6-3-7(12)11-8(13)10-6/h3,5H,4H2,1-2H3,(H3,9,10,11,12,13). The third kappa shape index (κ3) is 3.06. The first-order valence-electron chi connectivity index (χ1n) is 4.21. The molecule has 1 unspecified atom stereocenters. The van der Waals surface area contributed by atoms with E-state index in [1.165, 1.54) is 6.07 Å². The molecule has 1 heterocycles. The zero-order valence-corrected chi connectivity index (χ0v) is 8.09. The van der Waals surface area contributed by atoms with E-state index < -0.39 is 11.2 Å². The summed E-state index contributed by atoms with van der Waals surface area (Å²) in [4.78, 5) is 26.3. The van der Waals surface area contributed by atoms with E-state index >= 15 is 0 Å². The van der Waals surface area contributed by atoms with Gasteiger partial charge in [-0.15, -0.1) is 0 Å². The maximum absolute atomic E-state index is 10.9. The Balaban J connectivity index is 2.76. The molecule has 0 spiro atoms. The summed E-state index contributed by atoms with van der Waals surface area (Å²) in [5, 5.41) is 2.92. The van der Waals surface area contributed by atoms with E-state index in [0.29, 0.717) is 12.4 Å². The molecule has 0 amide bonds. The van der Waals surface area contributed by atoms with Crippen molar-refractivity contribution in [2.24, 2.45) is 0 Å². The fraction of sp³-hybridized carbons (Fsp3) is 0.500. The fourth-order valence-electron chi connectivity index (χ4n) is 1.10. The van der Waals surface area contributed by atoms with Crippen LogP contribution in [0, 0.1) is 0 Å². The molecule has 0 aliphatic rings. The van der Waals surface area contributed by atoms with Crippen LogP contribution in [0.1, 0.15) is 6.92 Å². The van der Waals surface area contributed by atoms with Gasteiger partial charge in [-0.05, 0) is 6.92 Å². The van der Waals surface area contributed by atoms with E-state index in [4.69, 9.17) is 4.74 Å². The molecule has 3 N–H and O–H groups in total. The van der Waals surface area contributed by atoms with E-state index in [2.05, 4.69) is 15.3 Å². The number of H-pyrrole nitrogens is 2. The molecule has 78 valence electrons. The summed E-state index contributed by atoms with van der Waals surface area (Å²) in [7, 11) is 1.58. The second-order valence-electron chi connectivity index (χ2n) is 3.00. The summed E-state index contributed by atoms with van der Waals surface area (Å²) in [6.45, 7) is 2.37. The molecule has 1 atom stereocenters. The van der Waals surface area contributed by atoms with Crippen LogP contribution in [0.2, 0.25) is 0 Å². The summed E-state index contributed by atoms with van der Waals surface area (Å²) >= 11 is 0. The summed E-state index contributed by atoms with van der Waals surface area (Å²) in [5.74, 6) is 0.392. The molecule has 6 heteroatoms. The van der Waals surface area contributed by atoms with Crippen LogP contribution in [0.15, 0.2) is 15.7 Å². The van der Waals surface area contributed by atoms with Gasteiger partial charge in [-0.1, -0.05) is 0 Å². The summed E-state index contributed by atoms with van der Waals surface area (Å²) in [6, 6.07) is 1.31. The minimum absolute atomic E-state index is 0.0254. The maximum atomic E-state index is 10.9. The summed E-state index contributed by atoms with van der Waals surface area (Å²) < 4.78 is 4.90. The largest absolute Gasteiger partial charge is 0.383 e. The lowest BCUT2D eigenvalue weighted by molar-refractivity contribution is 0.190. The average molecular weight is 199 g/mol. The van der Waals surface area contributed by atoms with Gasteiger partial charge in [0.05, 0.1) is 6.61 Å². The van der Waals surface area contributed by atoms with E-state index in [1.54, 1.807) is 7.11 Å². The number of aromatic amines is 2. The second kappa shape index (κ2) is 4.61. The van der Waals surface area contributed by atoms with Crippen LogP contribution in [0.3, 0.4) is 0 Å². The zero-order valence-electron chi connectivity index (χ0n) is 8.09. The van der Waals surface area contributed by atoms with Gasteiger partial charge in [-0.25, -0.2) is 4.79 Å². The lowest BCUT2D eigenvalue weighted by Gasteiger charge is -2.12. The summed E-state index contributed by atoms with van der Waals surface area (Å²) in [5.41, 5.74) is -0.953. The molecule has 1 aromatic rings. The quantitative estimate of drug-likeness (QED) is 0.610. The van der Waals surface area contributed by atoms with Crippen molar-refractivity contribution in [1.82, 2.24) is 9.97 Å². The molecular formula is C8H13N3O3. The van der Waals surface area contributed by atoms with Gasteiger partial charge < -0.3 is 10.1 Å². The highest BCUT2D eigenvalue weighted by atomic mass is 16.5. The normalized spacial score (nSPS) is 12.4. The van der Waals surface area contributed by atoms with Crippen LogP contribution in [-0.2, 0) is 4.74 Å². The first kappa shape index (κ1) is 10.5. The Bertz CT molecular complexity index is 367. The molecule has 0 saturated carbocycles. The predicted molar refractivity (Wildman–Crippen MR) is 52.6 cm³/mol. The molecule has 1 aromatic heterocycles. The Hall–Kier alpha value is -1.56. The Morgan fingerprint density at radius 1 is 1.50 bits per heavy atom. The average Bonchev–Trinajstić information content (AvgIpc) is 2.01. The number of aromatic nitrogens is 2. The van der Waals surface area contributed by atoms with Crippen molar-refractivity contribution in [2.75, 3.05) is 19.0 Å². The molecular weight excluding hydrogens is 186 g/mol. The molecule has 14 heavy (non-hydrogen) atoms. The van der Waals surface area contributed by atoms with Crippen molar-refractivity contribution in [3.8, 4) is 0 Å². The van der Waals surface area contributed by atoms with E-state index in [1.807, 2.05) is 6.92 Å². The zero-order chi connectivity index (χ0) is 10.6. The number of ether oxygens (including phenoxy) is 1. The minimum atomic E-state index is -0.524. The molecule has 1 rings (SSSR count). The first-order chi connectivity index (χ1) is 6.61. The van der Waals surface area contributed by atoms with Gasteiger partial charge >= 0.3 is 5.69 Å². The van der Waals surface area contributed by atoms with E-state index in [-0.39, 0.29) is 6.04 Å². The van der Waals surface area contributed by atoms with Crippen molar-refractivity contribution in [1.29, 1.82) is 0 Å².